The Morgan fingerprint density at radius 2 is 2.00 bits per heavy atom. The average molecular weight is 295 g/mol. The summed E-state index contributed by atoms with van der Waals surface area (Å²) in [6.45, 7) is 2.69. The van der Waals surface area contributed by atoms with Crippen LogP contribution in [0.2, 0.25) is 5.02 Å². The number of halogens is 1. The predicted octanol–water partition coefficient (Wildman–Crippen LogP) is 0.228. The number of nitrogen functional groups attached to an aromatic ring is 1. The first kappa shape index (κ1) is 13.1. The summed E-state index contributed by atoms with van der Waals surface area (Å²) in [5.41, 5.74) is 8.70. The van der Waals surface area contributed by atoms with E-state index >= 15 is 0 Å². The van der Waals surface area contributed by atoms with E-state index in [2.05, 4.69) is 15.3 Å². The van der Waals surface area contributed by atoms with Crippen LogP contribution in [-0.4, -0.2) is 31.2 Å². The van der Waals surface area contributed by atoms with E-state index in [1.165, 1.54) is 9.36 Å². The number of tetrazole rings is 1. The molecule has 0 fully saturated rings. The highest BCUT2D eigenvalue weighted by atomic mass is 35.5. The summed E-state index contributed by atoms with van der Waals surface area (Å²) in [5, 5.41) is 8.23. The van der Waals surface area contributed by atoms with Gasteiger partial charge < -0.3 is 5.73 Å². The summed E-state index contributed by atoms with van der Waals surface area (Å²) >= 11 is 6.19. The fourth-order valence-corrected chi connectivity index (χ4v) is 2.67. The van der Waals surface area contributed by atoms with Crippen LogP contribution >= 0.6 is 11.6 Å². The molecule has 1 aliphatic heterocycles. The highest BCUT2D eigenvalue weighted by Gasteiger charge is 2.23. The van der Waals surface area contributed by atoms with Crippen LogP contribution in [0.25, 0.3) is 0 Å². The lowest BCUT2D eigenvalue weighted by molar-refractivity contribution is 0.264. The van der Waals surface area contributed by atoms with Crippen molar-refractivity contribution in [3.8, 4) is 0 Å². The number of rotatable bonds is 3. The number of nitrogens with two attached hydrogens (primary N) is 1. The second kappa shape index (κ2) is 4.92. The molecule has 1 aliphatic rings. The zero-order valence-corrected chi connectivity index (χ0v) is 11.8. The fourth-order valence-electron chi connectivity index (χ4n) is 2.43. The second-order valence-corrected chi connectivity index (χ2v) is 5.32. The lowest BCUT2D eigenvalue weighted by Crippen LogP contribution is -2.29. The molecule has 2 aromatic rings. The first-order valence-corrected chi connectivity index (χ1v) is 6.69. The molecular weight excluding hydrogens is 280 g/mol. The van der Waals surface area contributed by atoms with Crippen molar-refractivity contribution in [1.82, 2.24) is 24.7 Å². The number of nitrogens with zero attached hydrogens (tertiary/aromatic N) is 5. The van der Waals surface area contributed by atoms with Gasteiger partial charge in [0.25, 0.3) is 0 Å². The normalized spacial score (nSPS) is 14.7. The molecule has 0 unspecified atom stereocenters. The smallest absolute Gasteiger partial charge is 0.363 e. The first-order chi connectivity index (χ1) is 9.56. The van der Waals surface area contributed by atoms with Crippen LogP contribution in [0.5, 0.6) is 0 Å². The van der Waals surface area contributed by atoms with Gasteiger partial charge in [0.15, 0.2) is 0 Å². The molecule has 0 bridgehead atoms. The molecule has 0 saturated heterocycles. The van der Waals surface area contributed by atoms with Crippen LogP contribution in [0.1, 0.15) is 11.1 Å². The minimum atomic E-state index is -0.209. The van der Waals surface area contributed by atoms with Crippen molar-refractivity contribution in [2.75, 3.05) is 12.3 Å². The Morgan fingerprint density at radius 1 is 1.25 bits per heavy atom. The Labute approximate surface area is 120 Å². The van der Waals surface area contributed by atoms with E-state index in [1.807, 2.05) is 12.1 Å². The van der Waals surface area contributed by atoms with Gasteiger partial charge in [-0.05, 0) is 33.7 Å². The molecule has 1 aromatic heterocycles. The van der Waals surface area contributed by atoms with Gasteiger partial charge in [-0.1, -0.05) is 11.6 Å². The largest absolute Gasteiger partial charge is 0.398 e. The van der Waals surface area contributed by atoms with Crippen LogP contribution < -0.4 is 11.4 Å². The minimum absolute atomic E-state index is 0.209. The average Bonchev–Trinajstić information content (AvgIpc) is 2.99. The Bertz CT molecular complexity index is 675. The number of hydrogen-bond donors (Lipinski definition) is 1. The second-order valence-electron chi connectivity index (χ2n) is 4.91. The van der Waals surface area contributed by atoms with Crippen LogP contribution in [0.3, 0.4) is 0 Å². The van der Waals surface area contributed by atoms with Crippen molar-refractivity contribution in [1.29, 1.82) is 0 Å². The molecule has 3 rings (SSSR count). The molecule has 8 heteroatoms. The van der Waals surface area contributed by atoms with Crippen LogP contribution in [0.15, 0.2) is 16.9 Å². The lowest BCUT2D eigenvalue weighted by Gasteiger charge is -2.13. The molecule has 0 saturated carbocycles. The highest BCUT2D eigenvalue weighted by molar-refractivity contribution is 6.31. The molecule has 0 spiro atoms. The molecule has 2 N–H and O–H groups in total. The van der Waals surface area contributed by atoms with E-state index < -0.39 is 0 Å². The number of benzene rings is 1. The van der Waals surface area contributed by atoms with Gasteiger partial charge >= 0.3 is 5.69 Å². The standard InChI is InChI=1S/C12H15ClN6O/c1-17-12(20)19(16-15-17)5-4-18-6-8-9(7-18)11(14)3-2-10(8)13/h2-3H,4-7,14H2,1H3. The summed E-state index contributed by atoms with van der Waals surface area (Å²) in [6.07, 6.45) is 0. The monoisotopic (exact) mass is 294 g/mol. The molecule has 0 amide bonds. The van der Waals surface area contributed by atoms with E-state index in [1.54, 1.807) is 7.05 Å². The predicted molar refractivity (Wildman–Crippen MR) is 75.2 cm³/mol. The van der Waals surface area contributed by atoms with E-state index in [0.29, 0.717) is 13.1 Å². The van der Waals surface area contributed by atoms with E-state index in [0.717, 1.165) is 34.9 Å². The van der Waals surface area contributed by atoms with E-state index in [-0.39, 0.29) is 5.69 Å². The summed E-state index contributed by atoms with van der Waals surface area (Å²) in [7, 11) is 1.58. The fraction of sp³-hybridized carbons (Fsp3) is 0.417. The molecule has 0 aliphatic carbocycles. The highest BCUT2D eigenvalue weighted by Crippen LogP contribution is 2.32. The van der Waals surface area contributed by atoms with Crippen molar-refractivity contribution in [2.24, 2.45) is 7.05 Å². The molecular formula is C12H15ClN6O. The maximum absolute atomic E-state index is 11.6. The Balaban J connectivity index is 1.71. The van der Waals surface area contributed by atoms with Gasteiger partial charge in [-0.2, -0.15) is 9.36 Å². The van der Waals surface area contributed by atoms with Crippen LogP contribution in [-0.2, 0) is 26.7 Å². The number of anilines is 1. The Morgan fingerprint density at radius 3 is 2.65 bits per heavy atom. The van der Waals surface area contributed by atoms with E-state index in [9.17, 15) is 4.79 Å². The summed E-state index contributed by atoms with van der Waals surface area (Å²) in [6, 6.07) is 3.66. The van der Waals surface area contributed by atoms with Crippen molar-refractivity contribution < 1.29 is 0 Å². The molecule has 7 nitrogen and oxygen atoms in total. The molecule has 1 aromatic carbocycles. The van der Waals surface area contributed by atoms with Crippen LogP contribution in [0.4, 0.5) is 5.69 Å². The summed E-state index contributed by atoms with van der Waals surface area (Å²) in [5.74, 6) is 0. The Hall–Kier alpha value is -1.86. The minimum Gasteiger partial charge on any atom is -0.398 e. The third kappa shape index (κ3) is 2.19. The summed E-state index contributed by atoms with van der Waals surface area (Å²) < 4.78 is 2.57. The first-order valence-electron chi connectivity index (χ1n) is 6.31. The third-order valence-corrected chi connectivity index (χ3v) is 3.94. The maximum atomic E-state index is 11.6. The van der Waals surface area contributed by atoms with Crippen molar-refractivity contribution in [2.45, 2.75) is 19.6 Å². The number of hydrogen-bond acceptors (Lipinski definition) is 5. The number of aryl methyl sites for hydroxylation is 1. The van der Waals surface area contributed by atoms with Gasteiger partial charge in [0, 0.05) is 37.4 Å². The maximum Gasteiger partial charge on any atom is 0.363 e. The zero-order chi connectivity index (χ0) is 14.3. The Kier molecular flexibility index (Phi) is 3.23. The van der Waals surface area contributed by atoms with Gasteiger partial charge in [-0.25, -0.2) is 4.79 Å². The van der Waals surface area contributed by atoms with Gasteiger partial charge in [-0.3, -0.25) is 4.90 Å². The topological polar surface area (TPSA) is 82.0 Å². The molecule has 106 valence electrons. The van der Waals surface area contributed by atoms with Gasteiger partial charge in [0.1, 0.15) is 0 Å². The summed E-state index contributed by atoms with van der Waals surface area (Å²) in [4.78, 5) is 13.8. The molecule has 2 heterocycles. The SMILES string of the molecule is Cn1nnn(CCN2Cc3c(N)ccc(Cl)c3C2)c1=O. The van der Waals surface area contributed by atoms with Crippen LogP contribution in [0, 0.1) is 0 Å². The van der Waals surface area contributed by atoms with Crippen molar-refractivity contribution in [3.63, 3.8) is 0 Å². The zero-order valence-electron chi connectivity index (χ0n) is 11.1. The quantitative estimate of drug-likeness (QED) is 0.820. The third-order valence-electron chi connectivity index (χ3n) is 3.58. The number of aromatic nitrogens is 4. The van der Waals surface area contributed by atoms with Gasteiger partial charge in [0.2, 0.25) is 0 Å². The lowest BCUT2D eigenvalue weighted by atomic mass is 10.1. The van der Waals surface area contributed by atoms with Gasteiger partial charge in [0.05, 0.1) is 6.54 Å². The molecule has 0 radical (unpaired) electrons. The molecule has 20 heavy (non-hydrogen) atoms. The van der Waals surface area contributed by atoms with Gasteiger partial charge in [-0.15, -0.1) is 0 Å². The van der Waals surface area contributed by atoms with Crippen molar-refractivity contribution >= 4 is 17.3 Å². The van der Waals surface area contributed by atoms with E-state index in [4.69, 9.17) is 17.3 Å². The number of fused-ring (bicyclic) bond motifs is 1. The molecule has 0 atom stereocenters. The van der Waals surface area contributed by atoms with Crippen molar-refractivity contribution in [3.05, 3.63) is 38.8 Å².